The minimum absolute atomic E-state index is 0.00664. The molecule has 2 rings (SSSR count). The van der Waals surface area contributed by atoms with Gasteiger partial charge in [0.2, 0.25) is 0 Å². The largest absolute Gasteiger partial charge is 0.495 e. The highest BCUT2D eigenvalue weighted by Crippen LogP contribution is 2.37. The van der Waals surface area contributed by atoms with E-state index in [0.717, 1.165) is 0 Å². The molecule has 0 aliphatic heterocycles. The number of hydrogen-bond donors (Lipinski definition) is 1. The molecule has 0 fully saturated rings. The van der Waals surface area contributed by atoms with Crippen molar-refractivity contribution in [3.63, 3.8) is 0 Å². The predicted molar refractivity (Wildman–Crippen MR) is 80.4 cm³/mol. The van der Waals surface area contributed by atoms with Crippen LogP contribution in [0, 0.1) is 0 Å². The van der Waals surface area contributed by atoms with Gasteiger partial charge >= 0.3 is 5.97 Å². The van der Waals surface area contributed by atoms with Crippen LogP contribution in [0.3, 0.4) is 0 Å². The van der Waals surface area contributed by atoms with E-state index in [1.807, 2.05) is 0 Å². The van der Waals surface area contributed by atoms with Gasteiger partial charge in [-0.25, -0.2) is 4.79 Å². The molecule has 0 amide bonds. The molecule has 0 bridgehead atoms. The van der Waals surface area contributed by atoms with Crippen molar-refractivity contribution in [1.82, 2.24) is 0 Å². The Bertz CT molecular complexity index is 684. The minimum Gasteiger partial charge on any atom is -0.495 e. The molecule has 20 heavy (non-hydrogen) atoms. The maximum atomic E-state index is 11.1. The lowest BCUT2D eigenvalue weighted by Crippen LogP contribution is -1.98. The second-order valence-electron chi connectivity index (χ2n) is 3.97. The van der Waals surface area contributed by atoms with Crippen LogP contribution in [0.25, 0.3) is 11.1 Å². The summed E-state index contributed by atoms with van der Waals surface area (Å²) in [6, 6.07) is 7.84. The number of halogens is 3. The first-order valence-electron chi connectivity index (χ1n) is 5.50. The topological polar surface area (TPSA) is 46.5 Å². The van der Waals surface area contributed by atoms with Gasteiger partial charge in [-0.2, -0.15) is 0 Å². The van der Waals surface area contributed by atoms with Gasteiger partial charge in [0.15, 0.2) is 0 Å². The second kappa shape index (κ2) is 5.92. The zero-order chi connectivity index (χ0) is 14.9. The molecule has 0 unspecified atom stereocenters. The second-order valence-corrected chi connectivity index (χ2v) is 5.19. The van der Waals surface area contributed by atoms with Crippen LogP contribution >= 0.6 is 34.8 Å². The Hall–Kier alpha value is -1.42. The van der Waals surface area contributed by atoms with Crippen LogP contribution in [0.15, 0.2) is 30.3 Å². The van der Waals surface area contributed by atoms with Gasteiger partial charge in [0, 0.05) is 11.6 Å². The number of carboxylic acids is 1. The van der Waals surface area contributed by atoms with Crippen molar-refractivity contribution in [3.05, 3.63) is 51.0 Å². The van der Waals surface area contributed by atoms with Crippen LogP contribution in [-0.2, 0) is 0 Å². The van der Waals surface area contributed by atoms with Crippen molar-refractivity contribution >= 4 is 40.8 Å². The SMILES string of the molecule is COc1cc(Cl)c(-c2ccc(Cl)c(C(=O)O)c2)cc1Cl. The molecule has 3 nitrogen and oxygen atoms in total. The lowest BCUT2D eigenvalue weighted by molar-refractivity contribution is 0.0697. The van der Waals surface area contributed by atoms with E-state index in [1.54, 1.807) is 18.2 Å². The molecular weight excluding hydrogens is 323 g/mol. The van der Waals surface area contributed by atoms with Crippen LogP contribution < -0.4 is 4.74 Å². The van der Waals surface area contributed by atoms with Crippen molar-refractivity contribution in [3.8, 4) is 16.9 Å². The first-order chi connectivity index (χ1) is 9.43. The van der Waals surface area contributed by atoms with Crippen LogP contribution in [0.2, 0.25) is 15.1 Å². The Morgan fingerprint density at radius 3 is 2.35 bits per heavy atom. The third-order valence-corrected chi connectivity index (χ3v) is 3.69. The smallest absolute Gasteiger partial charge is 0.337 e. The summed E-state index contributed by atoms with van der Waals surface area (Å²) in [6.07, 6.45) is 0. The van der Waals surface area contributed by atoms with Crippen LogP contribution in [0.5, 0.6) is 5.75 Å². The van der Waals surface area contributed by atoms with Crippen molar-refractivity contribution < 1.29 is 14.6 Å². The number of methoxy groups -OCH3 is 1. The van der Waals surface area contributed by atoms with Gasteiger partial charge in [0.1, 0.15) is 5.75 Å². The highest BCUT2D eigenvalue weighted by molar-refractivity contribution is 6.36. The van der Waals surface area contributed by atoms with Gasteiger partial charge < -0.3 is 9.84 Å². The molecule has 2 aromatic carbocycles. The molecule has 104 valence electrons. The molecule has 6 heteroatoms. The van der Waals surface area contributed by atoms with E-state index in [-0.39, 0.29) is 10.6 Å². The average molecular weight is 332 g/mol. The highest BCUT2D eigenvalue weighted by Gasteiger charge is 2.14. The fourth-order valence-corrected chi connectivity index (χ4v) is 2.46. The molecule has 0 radical (unpaired) electrons. The standard InChI is InChI=1S/C14H9Cl3O3/c1-20-13-6-11(16)8(5-12(13)17)7-2-3-10(15)9(4-7)14(18)19/h2-6H,1H3,(H,18,19). The average Bonchev–Trinajstić information content (AvgIpc) is 2.41. The van der Waals surface area contributed by atoms with Crippen LogP contribution in [0.1, 0.15) is 10.4 Å². The number of hydrogen-bond acceptors (Lipinski definition) is 2. The Morgan fingerprint density at radius 1 is 1.05 bits per heavy atom. The lowest BCUT2D eigenvalue weighted by Gasteiger charge is -2.10. The summed E-state index contributed by atoms with van der Waals surface area (Å²) in [6.45, 7) is 0. The summed E-state index contributed by atoms with van der Waals surface area (Å²) in [4.78, 5) is 11.1. The third-order valence-electron chi connectivity index (χ3n) is 2.75. The van der Waals surface area contributed by atoms with Gasteiger partial charge in [-0.3, -0.25) is 0 Å². The molecular formula is C14H9Cl3O3. The normalized spacial score (nSPS) is 10.4. The molecule has 0 heterocycles. The summed E-state index contributed by atoms with van der Waals surface area (Å²) >= 11 is 18.1. The summed E-state index contributed by atoms with van der Waals surface area (Å²) in [5, 5.41) is 10.0. The van der Waals surface area contributed by atoms with E-state index in [4.69, 9.17) is 44.6 Å². The number of benzene rings is 2. The van der Waals surface area contributed by atoms with E-state index >= 15 is 0 Å². The van der Waals surface area contributed by atoms with E-state index in [1.165, 1.54) is 19.2 Å². The maximum Gasteiger partial charge on any atom is 0.337 e. The minimum atomic E-state index is -1.10. The van der Waals surface area contributed by atoms with E-state index < -0.39 is 5.97 Å². The molecule has 0 atom stereocenters. The van der Waals surface area contributed by atoms with Crippen molar-refractivity contribution in [1.29, 1.82) is 0 Å². The Kier molecular flexibility index (Phi) is 4.43. The predicted octanol–water partition coefficient (Wildman–Crippen LogP) is 5.02. The van der Waals surface area contributed by atoms with Crippen LogP contribution in [-0.4, -0.2) is 18.2 Å². The van der Waals surface area contributed by atoms with Crippen molar-refractivity contribution in [2.24, 2.45) is 0 Å². The first-order valence-corrected chi connectivity index (χ1v) is 6.63. The molecule has 0 saturated carbocycles. The number of carbonyl (C=O) groups is 1. The van der Waals surface area contributed by atoms with Gasteiger partial charge in [0.25, 0.3) is 0 Å². The molecule has 0 aliphatic rings. The Morgan fingerprint density at radius 2 is 1.75 bits per heavy atom. The number of carboxylic acid groups (broad SMARTS) is 1. The molecule has 1 N–H and O–H groups in total. The Balaban J connectivity index is 2.60. The zero-order valence-electron chi connectivity index (χ0n) is 10.3. The number of rotatable bonds is 3. The number of ether oxygens (including phenoxy) is 1. The van der Waals surface area contributed by atoms with Crippen molar-refractivity contribution in [2.75, 3.05) is 7.11 Å². The molecule has 0 saturated heterocycles. The molecule has 0 aliphatic carbocycles. The quantitative estimate of drug-likeness (QED) is 0.859. The fourth-order valence-electron chi connectivity index (χ4n) is 1.76. The molecule has 0 spiro atoms. The molecule has 0 aromatic heterocycles. The highest BCUT2D eigenvalue weighted by atomic mass is 35.5. The number of aromatic carboxylic acids is 1. The van der Waals surface area contributed by atoms with Gasteiger partial charge in [0.05, 0.1) is 27.7 Å². The van der Waals surface area contributed by atoms with Gasteiger partial charge in [-0.1, -0.05) is 40.9 Å². The van der Waals surface area contributed by atoms with E-state index in [0.29, 0.717) is 26.9 Å². The molecule has 2 aromatic rings. The summed E-state index contributed by atoms with van der Waals surface area (Å²) < 4.78 is 5.07. The lowest BCUT2D eigenvalue weighted by atomic mass is 10.0. The summed E-state index contributed by atoms with van der Waals surface area (Å²) in [5.41, 5.74) is 1.23. The van der Waals surface area contributed by atoms with E-state index in [9.17, 15) is 4.79 Å². The van der Waals surface area contributed by atoms with Crippen LogP contribution in [0.4, 0.5) is 0 Å². The first kappa shape index (κ1) is 15.0. The summed E-state index contributed by atoms with van der Waals surface area (Å²) in [5.74, 6) is -0.652. The maximum absolute atomic E-state index is 11.1. The summed E-state index contributed by atoms with van der Waals surface area (Å²) in [7, 11) is 1.49. The van der Waals surface area contributed by atoms with Gasteiger partial charge in [-0.05, 0) is 23.8 Å². The monoisotopic (exact) mass is 330 g/mol. The van der Waals surface area contributed by atoms with Gasteiger partial charge in [-0.15, -0.1) is 0 Å². The van der Waals surface area contributed by atoms with Crippen molar-refractivity contribution in [2.45, 2.75) is 0 Å². The fraction of sp³-hybridized carbons (Fsp3) is 0.0714. The third kappa shape index (κ3) is 2.85. The Labute approximate surface area is 130 Å². The zero-order valence-corrected chi connectivity index (χ0v) is 12.6. The van der Waals surface area contributed by atoms with E-state index in [2.05, 4.69) is 0 Å².